The number of amides is 1. The van der Waals surface area contributed by atoms with E-state index in [0.29, 0.717) is 24.4 Å². The van der Waals surface area contributed by atoms with E-state index >= 15 is 0 Å². The summed E-state index contributed by atoms with van der Waals surface area (Å²) in [4.78, 5) is 14.3. The molecule has 0 radical (unpaired) electrons. The van der Waals surface area contributed by atoms with Crippen LogP contribution >= 0.6 is 0 Å². The molecule has 7 heteroatoms. The van der Waals surface area contributed by atoms with Crippen LogP contribution in [0.15, 0.2) is 41.3 Å². The van der Waals surface area contributed by atoms with Gasteiger partial charge in [0.05, 0.1) is 4.90 Å². The summed E-state index contributed by atoms with van der Waals surface area (Å²) < 4.78 is 32.4. The van der Waals surface area contributed by atoms with Gasteiger partial charge in [-0.1, -0.05) is 19.9 Å². The van der Waals surface area contributed by atoms with Crippen molar-refractivity contribution in [3.63, 3.8) is 0 Å². The van der Waals surface area contributed by atoms with Crippen molar-refractivity contribution in [1.82, 2.24) is 4.31 Å². The first-order chi connectivity index (χ1) is 13.6. The van der Waals surface area contributed by atoms with Gasteiger partial charge in [-0.2, -0.15) is 4.31 Å². The van der Waals surface area contributed by atoms with E-state index in [1.165, 1.54) is 15.9 Å². The zero-order chi connectivity index (χ0) is 21.8. The molecule has 1 amide bonds. The molecule has 158 valence electrons. The van der Waals surface area contributed by atoms with Crippen molar-refractivity contribution in [2.45, 2.75) is 39.5 Å². The van der Waals surface area contributed by atoms with Crippen molar-refractivity contribution in [3.8, 4) is 5.75 Å². The minimum Gasteiger partial charge on any atom is -0.483 e. The van der Waals surface area contributed by atoms with Crippen LogP contribution in [0.25, 0.3) is 0 Å². The third-order valence-electron chi connectivity index (χ3n) is 5.09. The van der Waals surface area contributed by atoms with E-state index in [-0.39, 0.29) is 17.4 Å². The van der Waals surface area contributed by atoms with Gasteiger partial charge in [-0.15, -0.1) is 0 Å². The number of sulfonamides is 1. The lowest BCUT2D eigenvalue weighted by Crippen LogP contribution is -2.31. The number of nitrogens with zero attached hydrogens (tertiary/aromatic N) is 2. The first-order valence-corrected chi connectivity index (χ1v) is 11.1. The van der Waals surface area contributed by atoms with Crippen LogP contribution in [0, 0.1) is 20.8 Å². The van der Waals surface area contributed by atoms with E-state index in [9.17, 15) is 13.2 Å². The van der Waals surface area contributed by atoms with Crippen LogP contribution in [0.4, 0.5) is 5.69 Å². The van der Waals surface area contributed by atoms with Gasteiger partial charge in [0.2, 0.25) is 10.0 Å². The molecule has 0 heterocycles. The molecule has 0 unspecified atom stereocenters. The standard InChI is InChI=1S/C22H30N2O4S/c1-7-24(8-2)29(26,27)20-11-12-21(18(5)14-20)28-15-22(25)23(6)19-10-9-16(3)17(4)13-19/h9-14H,7-8,15H2,1-6H3. The maximum atomic E-state index is 12.6. The fraction of sp³-hybridized carbons (Fsp3) is 0.409. The van der Waals surface area contributed by atoms with Gasteiger partial charge in [-0.3, -0.25) is 4.79 Å². The minimum absolute atomic E-state index is 0.133. The van der Waals surface area contributed by atoms with E-state index in [1.54, 1.807) is 31.0 Å². The second-order valence-corrected chi connectivity index (χ2v) is 8.96. The largest absolute Gasteiger partial charge is 0.483 e. The van der Waals surface area contributed by atoms with Crippen LogP contribution in [0.5, 0.6) is 5.75 Å². The zero-order valence-corrected chi connectivity index (χ0v) is 18.8. The quantitative estimate of drug-likeness (QED) is 0.656. The number of rotatable bonds is 8. The number of aryl methyl sites for hydroxylation is 3. The molecular weight excluding hydrogens is 388 g/mol. The predicted molar refractivity (Wildman–Crippen MR) is 116 cm³/mol. The monoisotopic (exact) mass is 418 g/mol. The fourth-order valence-electron chi connectivity index (χ4n) is 2.97. The summed E-state index contributed by atoms with van der Waals surface area (Å²) >= 11 is 0. The Kier molecular flexibility index (Phi) is 7.43. The van der Waals surface area contributed by atoms with E-state index < -0.39 is 10.0 Å². The number of likely N-dealkylation sites (N-methyl/N-ethyl adjacent to an activating group) is 1. The molecule has 0 fully saturated rings. The van der Waals surface area contributed by atoms with Crippen LogP contribution in [-0.2, 0) is 14.8 Å². The number of ether oxygens (including phenoxy) is 1. The summed E-state index contributed by atoms with van der Waals surface area (Å²) in [5.41, 5.74) is 3.75. The van der Waals surface area contributed by atoms with Crippen molar-refractivity contribution < 1.29 is 17.9 Å². The molecule has 0 aliphatic heterocycles. The molecule has 0 aliphatic rings. The Morgan fingerprint density at radius 2 is 1.59 bits per heavy atom. The summed E-state index contributed by atoms with van der Waals surface area (Å²) in [5.74, 6) is 0.304. The molecule has 0 N–H and O–H groups in total. The molecule has 6 nitrogen and oxygen atoms in total. The lowest BCUT2D eigenvalue weighted by Gasteiger charge is -2.20. The zero-order valence-electron chi connectivity index (χ0n) is 18.0. The van der Waals surface area contributed by atoms with Crippen LogP contribution in [-0.4, -0.2) is 45.4 Å². The van der Waals surface area contributed by atoms with E-state index in [4.69, 9.17) is 4.74 Å². The van der Waals surface area contributed by atoms with Gasteiger partial charge in [0.25, 0.3) is 5.91 Å². The van der Waals surface area contributed by atoms with Crippen LogP contribution in [0.3, 0.4) is 0 Å². The number of hydrogen-bond acceptors (Lipinski definition) is 4. The number of hydrogen-bond donors (Lipinski definition) is 0. The van der Waals surface area contributed by atoms with Gasteiger partial charge in [-0.25, -0.2) is 8.42 Å². The van der Waals surface area contributed by atoms with Gasteiger partial charge in [0.15, 0.2) is 6.61 Å². The average molecular weight is 419 g/mol. The van der Waals surface area contributed by atoms with Crippen LogP contribution in [0.1, 0.15) is 30.5 Å². The van der Waals surface area contributed by atoms with Gasteiger partial charge >= 0.3 is 0 Å². The van der Waals surface area contributed by atoms with E-state index in [0.717, 1.165) is 11.3 Å². The third kappa shape index (κ3) is 5.16. The topological polar surface area (TPSA) is 66.9 Å². The molecule has 0 saturated carbocycles. The molecule has 0 saturated heterocycles. The molecule has 0 aliphatic carbocycles. The smallest absolute Gasteiger partial charge is 0.264 e. The van der Waals surface area contributed by atoms with Crippen LogP contribution < -0.4 is 9.64 Å². The van der Waals surface area contributed by atoms with Crippen molar-refractivity contribution in [2.24, 2.45) is 0 Å². The SMILES string of the molecule is CCN(CC)S(=O)(=O)c1ccc(OCC(=O)N(C)c2ccc(C)c(C)c2)c(C)c1. The second kappa shape index (κ2) is 9.41. The van der Waals surface area contributed by atoms with E-state index in [2.05, 4.69) is 0 Å². The second-order valence-electron chi connectivity index (χ2n) is 7.03. The van der Waals surface area contributed by atoms with Gasteiger partial charge in [-0.05, 0) is 67.8 Å². The predicted octanol–water partition coefficient (Wildman–Crippen LogP) is 3.68. The van der Waals surface area contributed by atoms with Gasteiger partial charge in [0, 0.05) is 25.8 Å². The summed E-state index contributed by atoms with van der Waals surface area (Å²) in [7, 11) is -1.82. The number of benzene rings is 2. The van der Waals surface area contributed by atoms with E-state index in [1.807, 2.05) is 45.9 Å². The normalized spacial score (nSPS) is 11.6. The highest BCUT2D eigenvalue weighted by Crippen LogP contribution is 2.24. The Balaban J connectivity index is 2.11. The summed E-state index contributed by atoms with van der Waals surface area (Å²) in [6.45, 7) is 10.1. The average Bonchev–Trinajstić information content (AvgIpc) is 2.69. The minimum atomic E-state index is -3.53. The highest BCUT2D eigenvalue weighted by molar-refractivity contribution is 7.89. The highest BCUT2D eigenvalue weighted by Gasteiger charge is 2.22. The summed E-state index contributed by atoms with van der Waals surface area (Å²) in [6.07, 6.45) is 0. The highest BCUT2D eigenvalue weighted by atomic mass is 32.2. The Labute approximate surface area is 174 Å². The molecule has 29 heavy (non-hydrogen) atoms. The fourth-order valence-corrected chi connectivity index (χ4v) is 4.52. The maximum Gasteiger partial charge on any atom is 0.264 e. The van der Waals surface area contributed by atoms with Crippen LogP contribution in [0.2, 0.25) is 0 Å². The lowest BCUT2D eigenvalue weighted by atomic mass is 10.1. The molecule has 2 aromatic carbocycles. The molecule has 2 rings (SSSR count). The number of carbonyl (C=O) groups excluding carboxylic acids is 1. The van der Waals surface area contributed by atoms with Crippen molar-refractivity contribution in [2.75, 3.05) is 31.6 Å². The molecule has 0 aromatic heterocycles. The summed E-state index contributed by atoms with van der Waals surface area (Å²) in [6, 6.07) is 10.6. The number of carbonyl (C=O) groups is 1. The molecular formula is C22H30N2O4S. The lowest BCUT2D eigenvalue weighted by molar-refractivity contribution is -0.120. The molecule has 2 aromatic rings. The molecule has 0 atom stereocenters. The third-order valence-corrected chi connectivity index (χ3v) is 7.14. The molecule has 0 bridgehead atoms. The summed E-state index contributed by atoms with van der Waals surface area (Å²) in [5, 5.41) is 0. The van der Waals surface area contributed by atoms with Gasteiger partial charge in [0.1, 0.15) is 5.75 Å². The Bertz CT molecular complexity index is 982. The Morgan fingerprint density at radius 3 is 2.14 bits per heavy atom. The molecule has 0 spiro atoms. The Morgan fingerprint density at radius 1 is 0.931 bits per heavy atom. The number of anilines is 1. The van der Waals surface area contributed by atoms with Gasteiger partial charge < -0.3 is 9.64 Å². The van der Waals surface area contributed by atoms with Crippen molar-refractivity contribution in [1.29, 1.82) is 0 Å². The van der Waals surface area contributed by atoms with Crippen molar-refractivity contribution in [3.05, 3.63) is 53.1 Å². The Hall–Kier alpha value is -2.38. The first-order valence-electron chi connectivity index (χ1n) is 9.69. The first kappa shape index (κ1) is 22.9. The maximum absolute atomic E-state index is 12.6. The van der Waals surface area contributed by atoms with Crippen molar-refractivity contribution >= 4 is 21.6 Å².